The molecule has 0 aromatic carbocycles. The van der Waals surface area contributed by atoms with E-state index in [-0.39, 0.29) is 6.04 Å². The highest BCUT2D eigenvalue weighted by atomic mass is 79.9. The molecule has 0 bridgehead atoms. The molecule has 1 rings (SSSR count). The Balaban J connectivity index is 2.87. The normalized spacial score (nSPS) is 14.1. The minimum absolute atomic E-state index is 0.212. The maximum atomic E-state index is 12.2. The van der Waals surface area contributed by atoms with Crippen LogP contribution in [0.4, 0.5) is 0 Å². The fourth-order valence-corrected chi connectivity index (χ4v) is 5.11. The van der Waals surface area contributed by atoms with Gasteiger partial charge in [-0.3, -0.25) is 0 Å². The largest absolute Gasteiger partial charge is 0.329 e. The molecule has 1 atom stereocenters. The van der Waals surface area contributed by atoms with Crippen molar-refractivity contribution in [3.63, 3.8) is 0 Å². The van der Waals surface area contributed by atoms with E-state index >= 15 is 0 Å². The van der Waals surface area contributed by atoms with Crippen LogP contribution in [0, 0.1) is 12.8 Å². The van der Waals surface area contributed by atoms with Gasteiger partial charge in [0.2, 0.25) is 10.0 Å². The Morgan fingerprint density at radius 1 is 1.50 bits per heavy atom. The number of nitrogens with two attached hydrogens (primary N) is 1. The SMILES string of the molecule is Cc1cc(S(=O)(=O)NC(CN)CC(C)C)sc1Br. The van der Waals surface area contributed by atoms with E-state index in [0.29, 0.717) is 16.7 Å². The van der Waals surface area contributed by atoms with E-state index in [9.17, 15) is 8.42 Å². The smallest absolute Gasteiger partial charge is 0.250 e. The molecule has 0 aliphatic heterocycles. The average molecular weight is 355 g/mol. The maximum Gasteiger partial charge on any atom is 0.250 e. The second kappa shape index (κ2) is 6.47. The van der Waals surface area contributed by atoms with Crippen LogP contribution in [0.1, 0.15) is 25.8 Å². The maximum absolute atomic E-state index is 12.2. The molecular formula is C11H19BrN2O2S2. The summed E-state index contributed by atoms with van der Waals surface area (Å²) < 4.78 is 28.2. The van der Waals surface area contributed by atoms with Gasteiger partial charge in [-0.05, 0) is 46.8 Å². The molecule has 1 aromatic heterocycles. The van der Waals surface area contributed by atoms with Crippen LogP contribution in [0.3, 0.4) is 0 Å². The van der Waals surface area contributed by atoms with Crippen molar-refractivity contribution < 1.29 is 8.42 Å². The molecule has 3 N–H and O–H groups in total. The second-order valence-corrected chi connectivity index (χ2v) is 9.02. The van der Waals surface area contributed by atoms with Crippen LogP contribution in [-0.2, 0) is 10.0 Å². The number of thiophene rings is 1. The molecule has 7 heteroatoms. The van der Waals surface area contributed by atoms with Crippen LogP contribution in [-0.4, -0.2) is 21.0 Å². The van der Waals surface area contributed by atoms with Gasteiger partial charge in [0.05, 0.1) is 3.79 Å². The molecule has 18 heavy (non-hydrogen) atoms. The summed E-state index contributed by atoms with van der Waals surface area (Å²) in [6.07, 6.45) is 0.737. The van der Waals surface area contributed by atoms with Crippen molar-refractivity contribution in [3.8, 4) is 0 Å². The van der Waals surface area contributed by atoms with Gasteiger partial charge in [-0.15, -0.1) is 11.3 Å². The van der Waals surface area contributed by atoms with Crippen molar-refractivity contribution >= 4 is 37.3 Å². The zero-order valence-electron chi connectivity index (χ0n) is 10.7. The zero-order chi connectivity index (χ0) is 13.9. The third-order valence-corrected chi connectivity index (χ3v) is 6.59. The number of hydrogen-bond donors (Lipinski definition) is 2. The number of sulfonamides is 1. The van der Waals surface area contributed by atoms with Gasteiger partial charge in [0.25, 0.3) is 0 Å². The molecule has 0 amide bonds. The topological polar surface area (TPSA) is 72.2 Å². The summed E-state index contributed by atoms with van der Waals surface area (Å²) in [6, 6.07) is 1.45. The minimum Gasteiger partial charge on any atom is -0.329 e. The third-order valence-electron chi connectivity index (χ3n) is 2.46. The lowest BCUT2D eigenvalue weighted by Gasteiger charge is -2.18. The van der Waals surface area contributed by atoms with Crippen LogP contribution < -0.4 is 10.5 Å². The van der Waals surface area contributed by atoms with E-state index in [2.05, 4.69) is 20.7 Å². The molecule has 0 fully saturated rings. The van der Waals surface area contributed by atoms with Crippen molar-refractivity contribution in [1.29, 1.82) is 0 Å². The molecule has 0 aliphatic rings. The highest BCUT2D eigenvalue weighted by molar-refractivity contribution is 9.11. The third kappa shape index (κ3) is 4.31. The van der Waals surface area contributed by atoms with Crippen molar-refractivity contribution in [1.82, 2.24) is 4.72 Å². The Bertz CT molecular complexity index is 478. The summed E-state index contributed by atoms with van der Waals surface area (Å²) in [5.74, 6) is 0.401. The molecule has 1 unspecified atom stereocenters. The van der Waals surface area contributed by atoms with Crippen molar-refractivity contribution in [3.05, 3.63) is 15.4 Å². The summed E-state index contributed by atoms with van der Waals surface area (Å²) in [4.78, 5) is 0. The summed E-state index contributed by atoms with van der Waals surface area (Å²) >= 11 is 4.55. The molecule has 1 heterocycles. The lowest BCUT2D eigenvalue weighted by molar-refractivity contribution is 0.465. The van der Waals surface area contributed by atoms with Gasteiger partial charge in [-0.25, -0.2) is 13.1 Å². The number of halogens is 1. The monoisotopic (exact) mass is 354 g/mol. The first-order valence-corrected chi connectivity index (χ1v) is 8.84. The highest BCUT2D eigenvalue weighted by Gasteiger charge is 2.22. The molecule has 0 saturated carbocycles. The Hall–Kier alpha value is 0.0500. The Morgan fingerprint density at radius 2 is 2.11 bits per heavy atom. The molecular weight excluding hydrogens is 336 g/mol. The second-order valence-electron chi connectivity index (χ2n) is 4.71. The van der Waals surface area contributed by atoms with Gasteiger partial charge < -0.3 is 5.73 Å². The van der Waals surface area contributed by atoms with E-state index < -0.39 is 10.0 Å². The number of hydrogen-bond acceptors (Lipinski definition) is 4. The fourth-order valence-electron chi connectivity index (χ4n) is 1.60. The van der Waals surface area contributed by atoms with Crippen molar-refractivity contribution in [2.75, 3.05) is 6.54 Å². The van der Waals surface area contributed by atoms with Crippen molar-refractivity contribution in [2.45, 2.75) is 37.4 Å². The predicted molar refractivity (Wildman–Crippen MR) is 79.4 cm³/mol. The Kier molecular flexibility index (Phi) is 5.79. The molecule has 4 nitrogen and oxygen atoms in total. The van der Waals surface area contributed by atoms with Crippen molar-refractivity contribution in [2.24, 2.45) is 11.7 Å². The minimum atomic E-state index is -3.46. The number of nitrogens with one attached hydrogen (secondary N) is 1. The van der Waals surface area contributed by atoms with Gasteiger partial charge in [-0.2, -0.15) is 0 Å². The van der Waals surface area contributed by atoms with Gasteiger partial charge in [0.1, 0.15) is 4.21 Å². The number of aryl methyl sites for hydroxylation is 1. The summed E-state index contributed by atoms with van der Waals surface area (Å²) in [5.41, 5.74) is 6.53. The van der Waals surface area contributed by atoms with Crippen LogP contribution in [0.2, 0.25) is 0 Å². The molecule has 0 aliphatic carbocycles. The van der Waals surface area contributed by atoms with E-state index in [0.717, 1.165) is 15.8 Å². The van der Waals surface area contributed by atoms with Gasteiger partial charge in [0, 0.05) is 12.6 Å². The predicted octanol–water partition coefficient (Wildman–Crippen LogP) is 2.47. The quantitative estimate of drug-likeness (QED) is 0.823. The van der Waals surface area contributed by atoms with Crippen LogP contribution in [0.5, 0.6) is 0 Å². The summed E-state index contributed by atoms with van der Waals surface area (Å²) in [6.45, 7) is 6.27. The molecule has 0 saturated heterocycles. The van der Waals surface area contributed by atoms with Gasteiger partial charge in [-0.1, -0.05) is 13.8 Å². The molecule has 0 radical (unpaired) electrons. The standard InChI is InChI=1S/C11H19BrN2O2S2/c1-7(2)4-9(6-13)14-18(15,16)10-5-8(3)11(12)17-10/h5,7,9,14H,4,6,13H2,1-3H3. The first-order chi connectivity index (χ1) is 8.26. The first-order valence-electron chi connectivity index (χ1n) is 5.74. The van der Waals surface area contributed by atoms with E-state index in [4.69, 9.17) is 5.73 Å². The van der Waals surface area contributed by atoms with E-state index in [1.54, 1.807) is 6.07 Å². The molecule has 104 valence electrons. The van der Waals surface area contributed by atoms with E-state index in [1.807, 2.05) is 20.8 Å². The van der Waals surface area contributed by atoms with Crippen LogP contribution in [0.15, 0.2) is 14.1 Å². The fraction of sp³-hybridized carbons (Fsp3) is 0.636. The first kappa shape index (κ1) is 16.1. The lowest BCUT2D eigenvalue weighted by Crippen LogP contribution is -2.40. The average Bonchev–Trinajstić information content (AvgIpc) is 2.58. The summed E-state index contributed by atoms with van der Waals surface area (Å²) in [7, 11) is -3.46. The van der Waals surface area contributed by atoms with Gasteiger partial charge >= 0.3 is 0 Å². The van der Waals surface area contributed by atoms with Crippen LogP contribution in [0.25, 0.3) is 0 Å². The lowest BCUT2D eigenvalue weighted by atomic mass is 10.1. The Morgan fingerprint density at radius 3 is 2.50 bits per heavy atom. The van der Waals surface area contributed by atoms with Crippen LogP contribution >= 0.6 is 27.3 Å². The zero-order valence-corrected chi connectivity index (χ0v) is 14.0. The van der Waals surface area contributed by atoms with E-state index in [1.165, 1.54) is 11.3 Å². The summed E-state index contributed by atoms with van der Waals surface area (Å²) in [5, 5.41) is 0. The molecule has 0 spiro atoms. The Labute approximate surface area is 121 Å². The van der Waals surface area contributed by atoms with Gasteiger partial charge in [0.15, 0.2) is 0 Å². The highest BCUT2D eigenvalue weighted by Crippen LogP contribution is 2.30. The number of rotatable bonds is 6. The molecule has 1 aromatic rings.